The number of esters is 1. The van der Waals surface area contributed by atoms with Gasteiger partial charge in [-0.05, 0) is 52.4 Å². The molecular weight excluding hydrogens is 462 g/mol. The van der Waals surface area contributed by atoms with Crippen molar-refractivity contribution in [3.63, 3.8) is 0 Å². The van der Waals surface area contributed by atoms with Gasteiger partial charge in [-0.15, -0.1) is 0 Å². The Morgan fingerprint density at radius 2 is 1.94 bits per heavy atom. The standard InChI is InChI=1S/C26H37N5O5/c1-8-31-17(4)20(16(3)29-31)13-30(5)14-21-23(25(32)36-9-2)24(28-26(33)27-21)18-10-11-22(35-7)19(12-18)15-34-6/h10-12,24H,8-9,13-15H2,1-7H3,(H2,27,28,33)/t24-/m1/s1. The van der Waals surface area contributed by atoms with Crippen molar-refractivity contribution in [2.24, 2.45) is 0 Å². The molecule has 0 aliphatic carbocycles. The van der Waals surface area contributed by atoms with Gasteiger partial charge in [0.1, 0.15) is 5.75 Å². The second kappa shape index (κ2) is 12.0. The van der Waals surface area contributed by atoms with Crippen LogP contribution in [0.2, 0.25) is 0 Å². The quantitative estimate of drug-likeness (QED) is 0.458. The van der Waals surface area contributed by atoms with Gasteiger partial charge in [0.05, 0.1) is 37.6 Å². The van der Waals surface area contributed by atoms with E-state index in [0.29, 0.717) is 36.7 Å². The van der Waals surface area contributed by atoms with Crippen molar-refractivity contribution in [1.29, 1.82) is 0 Å². The molecule has 0 saturated carbocycles. The van der Waals surface area contributed by atoms with E-state index in [2.05, 4.69) is 34.5 Å². The molecule has 1 aliphatic heterocycles. The fraction of sp³-hybridized carbons (Fsp3) is 0.500. The fourth-order valence-electron chi connectivity index (χ4n) is 4.56. The number of aryl methyl sites for hydroxylation is 2. The maximum absolute atomic E-state index is 13.2. The summed E-state index contributed by atoms with van der Waals surface area (Å²) in [6.07, 6.45) is 0. The number of methoxy groups -OCH3 is 2. The molecule has 1 aromatic carbocycles. The number of carbonyl (C=O) groups is 2. The summed E-state index contributed by atoms with van der Waals surface area (Å²) in [5, 5.41) is 10.3. The van der Waals surface area contributed by atoms with E-state index in [0.717, 1.165) is 34.6 Å². The van der Waals surface area contributed by atoms with Crippen molar-refractivity contribution in [2.75, 3.05) is 34.4 Å². The van der Waals surface area contributed by atoms with Gasteiger partial charge >= 0.3 is 12.0 Å². The molecule has 10 nitrogen and oxygen atoms in total. The number of urea groups is 1. The van der Waals surface area contributed by atoms with Gasteiger partial charge in [-0.3, -0.25) is 9.58 Å². The summed E-state index contributed by atoms with van der Waals surface area (Å²) in [4.78, 5) is 27.9. The summed E-state index contributed by atoms with van der Waals surface area (Å²) in [6, 6.07) is 4.45. The van der Waals surface area contributed by atoms with Gasteiger partial charge in [-0.25, -0.2) is 9.59 Å². The Labute approximate surface area is 212 Å². The highest BCUT2D eigenvalue weighted by Crippen LogP contribution is 2.32. The van der Waals surface area contributed by atoms with Gasteiger partial charge in [-0.2, -0.15) is 5.10 Å². The van der Waals surface area contributed by atoms with E-state index in [4.69, 9.17) is 14.2 Å². The lowest BCUT2D eigenvalue weighted by atomic mass is 9.93. The van der Waals surface area contributed by atoms with E-state index in [1.165, 1.54) is 0 Å². The first-order valence-corrected chi connectivity index (χ1v) is 12.1. The molecule has 2 N–H and O–H groups in total. The molecule has 2 aromatic rings. The van der Waals surface area contributed by atoms with Crippen molar-refractivity contribution in [2.45, 2.75) is 53.4 Å². The minimum atomic E-state index is -0.686. The zero-order chi connectivity index (χ0) is 26.4. The molecule has 1 atom stereocenters. The predicted molar refractivity (Wildman–Crippen MR) is 135 cm³/mol. The molecule has 1 aromatic heterocycles. The number of nitrogens with zero attached hydrogens (tertiary/aromatic N) is 3. The third kappa shape index (κ3) is 5.88. The molecule has 3 rings (SSSR count). The maximum Gasteiger partial charge on any atom is 0.338 e. The van der Waals surface area contributed by atoms with Gasteiger partial charge < -0.3 is 24.8 Å². The lowest BCUT2D eigenvalue weighted by Crippen LogP contribution is -2.48. The van der Waals surface area contributed by atoms with Gasteiger partial charge in [-0.1, -0.05) is 6.07 Å². The molecule has 2 heterocycles. The number of benzene rings is 1. The summed E-state index contributed by atoms with van der Waals surface area (Å²) in [5.74, 6) is 0.189. The van der Waals surface area contributed by atoms with Crippen LogP contribution in [0.15, 0.2) is 29.5 Å². The largest absolute Gasteiger partial charge is 0.496 e. The van der Waals surface area contributed by atoms with Gasteiger partial charge in [0.15, 0.2) is 0 Å². The van der Waals surface area contributed by atoms with Crippen LogP contribution in [0.3, 0.4) is 0 Å². The van der Waals surface area contributed by atoms with Crippen LogP contribution in [-0.2, 0) is 34.0 Å². The first-order valence-electron chi connectivity index (χ1n) is 12.1. The summed E-state index contributed by atoms with van der Waals surface area (Å²) in [5.41, 5.74) is 5.63. The third-order valence-electron chi connectivity index (χ3n) is 6.27. The highest BCUT2D eigenvalue weighted by Gasteiger charge is 2.34. The van der Waals surface area contributed by atoms with E-state index < -0.39 is 12.0 Å². The molecule has 0 radical (unpaired) electrons. The second-order valence-electron chi connectivity index (χ2n) is 8.79. The third-order valence-corrected chi connectivity index (χ3v) is 6.27. The zero-order valence-electron chi connectivity index (χ0n) is 22.2. The van der Waals surface area contributed by atoms with Crippen LogP contribution in [-0.4, -0.2) is 61.1 Å². The van der Waals surface area contributed by atoms with E-state index in [9.17, 15) is 9.59 Å². The minimum absolute atomic E-state index is 0.220. The average Bonchev–Trinajstić information content (AvgIpc) is 3.11. The number of hydrogen-bond donors (Lipinski definition) is 2. The topological polar surface area (TPSA) is 107 Å². The first-order chi connectivity index (χ1) is 17.2. The highest BCUT2D eigenvalue weighted by atomic mass is 16.5. The van der Waals surface area contributed by atoms with E-state index >= 15 is 0 Å². The van der Waals surface area contributed by atoms with Crippen LogP contribution >= 0.6 is 0 Å². The highest BCUT2D eigenvalue weighted by molar-refractivity contribution is 5.95. The number of nitrogens with one attached hydrogen (secondary N) is 2. The molecule has 196 valence electrons. The summed E-state index contributed by atoms with van der Waals surface area (Å²) in [7, 11) is 5.14. The number of hydrogen-bond acceptors (Lipinski definition) is 7. The Balaban J connectivity index is 2.00. The second-order valence-corrected chi connectivity index (χ2v) is 8.79. The number of aromatic nitrogens is 2. The smallest absolute Gasteiger partial charge is 0.338 e. The average molecular weight is 500 g/mol. The summed E-state index contributed by atoms with van der Waals surface area (Å²) in [6.45, 7) is 10.2. The number of rotatable bonds is 11. The van der Waals surface area contributed by atoms with Crippen LogP contribution in [0.4, 0.5) is 4.79 Å². The van der Waals surface area contributed by atoms with Crippen molar-refractivity contribution >= 4 is 12.0 Å². The van der Waals surface area contributed by atoms with Crippen molar-refractivity contribution in [3.8, 4) is 5.75 Å². The summed E-state index contributed by atoms with van der Waals surface area (Å²) < 4.78 is 18.1. The molecule has 0 fully saturated rings. The van der Waals surface area contributed by atoms with Crippen molar-refractivity contribution in [1.82, 2.24) is 25.3 Å². The normalized spacial score (nSPS) is 15.7. The lowest BCUT2D eigenvalue weighted by molar-refractivity contribution is -0.139. The maximum atomic E-state index is 13.2. The molecule has 2 amide bonds. The van der Waals surface area contributed by atoms with Crippen molar-refractivity contribution < 1.29 is 23.8 Å². The Morgan fingerprint density at radius 3 is 2.56 bits per heavy atom. The Bertz CT molecular complexity index is 1140. The lowest BCUT2D eigenvalue weighted by Gasteiger charge is -2.31. The Morgan fingerprint density at radius 1 is 1.19 bits per heavy atom. The van der Waals surface area contributed by atoms with Crippen LogP contribution in [0.25, 0.3) is 0 Å². The first kappa shape index (κ1) is 27.2. The van der Waals surface area contributed by atoms with E-state index in [1.807, 2.05) is 36.9 Å². The number of amides is 2. The SMILES string of the molecule is CCOC(=O)C1=C(CN(C)Cc2c(C)nn(CC)c2C)NC(=O)N[C@@H]1c1ccc(OC)c(COC)c1. The Hall–Kier alpha value is -3.37. The molecule has 10 heteroatoms. The molecule has 1 aliphatic rings. The molecule has 0 bridgehead atoms. The zero-order valence-corrected chi connectivity index (χ0v) is 22.2. The van der Waals surface area contributed by atoms with Crippen LogP contribution in [0.1, 0.15) is 48.0 Å². The van der Waals surface area contributed by atoms with Crippen LogP contribution in [0, 0.1) is 13.8 Å². The molecular formula is C26H37N5O5. The minimum Gasteiger partial charge on any atom is -0.496 e. The van der Waals surface area contributed by atoms with E-state index in [-0.39, 0.29) is 12.6 Å². The van der Waals surface area contributed by atoms with Gasteiger partial charge in [0.25, 0.3) is 0 Å². The number of carbonyl (C=O) groups excluding carboxylic acids is 2. The monoisotopic (exact) mass is 499 g/mol. The molecule has 0 spiro atoms. The van der Waals surface area contributed by atoms with Crippen LogP contribution < -0.4 is 15.4 Å². The predicted octanol–water partition coefficient (Wildman–Crippen LogP) is 2.98. The van der Waals surface area contributed by atoms with Gasteiger partial charge in [0.2, 0.25) is 0 Å². The van der Waals surface area contributed by atoms with Crippen molar-refractivity contribution in [3.05, 3.63) is 57.5 Å². The number of likely N-dealkylation sites (N-methyl/N-ethyl adjacent to an activating group) is 1. The fourth-order valence-corrected chi connectivity index (χ4v) is 4.56. The molecule has 36 heavy (non-hydrogen) atoms. The Kier molecular flexibility index (Phi) is 9.11. The number of ether oxygens (including phenoxy) is 3. The molecule has 0 unspecified atom stereocenters. The van der Waals surface area contributed by atoms with Gasteiger partial charge in [0, 0.05) is 49.3 Å². The molecule has 0 saturated heterocycles. The van der Waals surface area contributed by atoms with E-state index in [1.54, 1.807) is 21.1 Å². The summed E-state index contributed by atoms with van der Waals surface area (Å²) >= 11 is 0. The van der Waals surface area contributed by atoms with Crippen LogP contribution in [0.5, 0.6) is 5.75 Å².